The molecule has 1 heterocycles. The second kappa shape index (κ2) is 8.68. The zero-order valence-electron chi connectivity index (χ0n) is 13.1. The summed E-state index contributed by atoms with van der Waals surface area (Å²) in [5.41, 5.74) is 0.688. The molecule has 9 heteroatoms. The molecule has 1 aromatic rings. The fourth-order valence-electron chi connectivity index (χ4n) is 1.93. The molecule has 1 aliphatic heterocycles. The summed E-state index contributed by atoms with van der Waals surface area (Å²) in [6, 6.07) is 3.44. The van der Waals surface area contributed by atoms with Crippen LogP contribution in [0.4, 0.5) is 4.79 Å². The van der Waals surface area contributed by atoms with E-state index in [0.29, 0.717) is 25.2 Å². The lowest BCUT2D eigenvalue weighted by Gasteiger charge is -2.10. The van der Waals surface area contributed by atoms with Crippen molar-refractivity contribution in [2.75, 3.05) is 20.3 Å². The van der Waals surface area contributed by atoms with Crippen LogP contribution in [-0.4, -0.2) is 42.3 Å². The highest BCUT2D eigenvalue weighted by Crippen LogP contribution is 2.37. The maximum absolute atomic E-state index is 12.2. The van der Waals surface area contributed by atoms with Crippen molar-refractivity contribution in [1.29, 1.82) is 0 Å². The van der Waals surface area contributed by atoms with Gasteiger partial charge in [0.15, 0.2) is 6.61 Å². The third-order valence-corrected chi connectivity index (χ3v) is 5.15. The molecule has 132 valence electrons. The lowest BCUT2D eigenvalue weighted by Crippen LogP contribution is -2.27. The Kier molecular flexibility index (Phi) is 6.86. The minimum atomic E-state index is -0.501. The van der Waals surface area contributed by atoms with Crippen LogP contribution in [0.3, 0.4) is 0 Å². The van der Waals surface area contributed by atoms with Crippen molar-refractivity contribution < 1.29 is 23.9 Å². The SMILES string of the molecule is C=CCN1C(=O)S/C(=C/c2cc(Br)c(OCC(=O)OC)c(Br)c2)C1=O. The van der Waals surface area contributed by atoms with Gasteiger partial charge in [0.05, 0.1) is 21.0 Å². The highest BCUT2D eigenvalue weighted by atomic mass is 79.9. The summed E-state index contributed by atoms with van der Waals surface area (Å²) in [5.74, 6) is -0.422. The van der Waals surface area contributed by atoms with Gasteiger partial charge in [0.1, 0.15) is 5.75 Å². The van der Waals surface area contributed by atoms with Crippen molar-refractivity contribution in [3.63, 3.8) is 0 Å². The average Bonchev–Trinajstić information content (AvgIpc) is 2.81. The molecule has 0 bridgehead atoms. The van der Waals surface area contributed by atoms with Crippen LogP contribution in [0.15, 0.2) is 38.6 Å². The van der Waals surface area contributed by atoms with Crippen molar-refractivity contribution in [2.24, 2.45) is 0 Å². The van der Waals surface area contributed by atoms with Crippen LogP contribution in [0.5, 0.6) is 5.75 Å². The number of rotatable bonds is 6. The van der Waals surface area contributed by atoms with Crippen LogP contribution in [0, 0.1) is 0 Å². The van der Waals surface area contributed by atoms with E-state index in [1.807, 2.05) is 0 Å². The summed E-state index contributed by atoms with van der Waals surface area (Å²) >= 11 is 7.61. The molecule has 0 atom stereocenters. The summed E-state index contributed by atoms with van der Waals surface area (Å²) in [4.78, 5) is 36.7. The molecular weight excluding hydrogens is 478 g/mol. The van der Waals surface area contributed by atoms with E-state index >= 15 is 0 Å². The maximum atomic E-state index is 12.2. The minimum Gasteiger partial charge on any atom is -0.480 e. The van der Waals surface area contributed by atoms with E-state index in [4.69, 9.17) is 4.74 Å². The molecular formula is C16H13Br2NO5S. The van der Waals surface area contributed by atoms with Gasteiger partial charge in [-0.2, -0.15) is 0 Å². The van der Waals surface area contributed by atoms with Gasteiger partial charge >= 0.3 is 5.97 Å². The lowest BCUT2D eigenvalue weighted by molar-refractivity contribution is -0.143. The Bertz CT molecular complexity index is 755. The molecule has 0 N–H and O–H groups in total. The Balaban J connectivity index is 2.24. The molecule has 0 unspecified atom stereocenters. The topological polar surface area (TPSA) is 72.9 Å². The number of nitrogens with zero attached hydrogens (tertiary/aromatic N) is 1. The highest BCUT2D eigenvalue weighted by molar-refractivity contribution is 9.11. The number of methoxy groups -OCH3 is 1. The normalized spacial score (nSPS) is 15.6. The molecule has 0 spiro atoms. The maximum Gasteiger partial charge on any atom is 0.343 e. The van der Waals surface area contributed by atoms with Crippen LogP contribution < -0.4 is 4.74 Å². The molecule has 0 aromatic heterocycles. The fraction of sp³-hybridized carbons (Fsp3) is 0.188. The number of hydrogen-bond acceptors (Lipinski definition) is 6. The Hall–Kier alpha value is -1.58. The molecule has 25 heavy (non-hydrogen) atoms. The predicted octanol–water partition coefficient (Wildman–Crippen LogP) is 3.99. The summed E-state index contributed by atoms with van der Waals surface area (Å²) < 4.78 is 11.1. The number of thioether (sulfide) groups is 1. The molecule has 1 saturated heterocycles. The molecule has 0 saturated carbocycles. The number of carbonyl (C=O) groups is 3. The van der Waals surface area contributed by atoms with Crippen molar-refractivity contribution in [3.05, 3.63) is 44.2 Å². The molecule has 1 aromatic carbocycles. The first kappa shape index (κ1) is 19.7. The quantitative estimate of drug-likeness (QED) is 0.341. The van der Waals surface area contributed by atoms with E-state index in [-0.39, 0.29) is 24.3 Å². The number of amides is 2. The van der Waals surface area contributed by atoms with Gasteiger partial charge in [-0.05, 0) is 67.4 Å². The molecule has 2 rings (SSSR count). The van der Waals surface area contributed by atoms with Crippen molar-refractivity contribution in [3.8, 4) is 5.75 Å². The molecule has 0 aliphatic carbocycles. The zero-order chi connectivity index (χ0) is 18.6. The lowest BCUT2D eigenvalue weighted by atomic mass is 10.2. The Morgan fingerprint density at radius 1 is 1.32 bits per heavy atom. The minimum absolute atomic E-state index is 0.176. The van der Waals surface area contributed by atoms with E-state index < -0.39 is 5.97 Å². The predicted molar refractivity (Wildman–Crippen MR) is 102 cm³/mol. The average molecular weight is 491 g/mol. The van der Waals surface area contributed by atoms with Gasteiger partial charge in [0.2, 0.25) is 0 Å². The van der Waals surface area contributed by atoms with E-state index in [2.05, 4.69) is 43.2 Å². The third kappa shape index (κ3) is 4.74. The largest absolute Gasteiger partial charge is 0.480 e. The molecule has 6 nitrogen and oxygen atoms in total. The summed E-state index contributed by atoms with van der Waals surface area (Å²) in [6.07, 6.45) is 3.12. The van der Waals surface area contributed by atoms with Crippen LogP contribution in [0.25, 0.3) is 6.08 Å². The van der Waals surface area contributed by atoms with Gasteiger partial charge < -0.3 is 9.47 Å². The van der Waals surface area contributed by atoms with E-state index in [1.165, 1.54) is 13.2 Å². The smallest absolute Gasteiger partial charge is 0.343 e. The summed E-state index contributed by atoms with van der Waals surface area (Å²) in [6.45, 7) is 3.48. The second-order valence-electron chi connectivity index (χ2n) is 4.76. The summed E-state index contributed by atoms with van der Waals surface area (Å²) in [7, 11) is 1.28. The second-order valence-corrected chi connectivity index (χ2v) is 7.46. The van der Waals surface area contributed by atoms with Crippen molar-refractivity contribution >= 4 is 66.8 Å². The van der Waals surface area contributed by atoms with Gasteiger partial charge in [-0.15, -0.1) is 6.58 Å². The standard InChI is InChI=1S/C16H13Br2NO5S/c1-3-4-19-15(21)12(25-16(19)22)7-9-5-10(17)14(11(18)6-9)24-8-13(20)23-2/h3,5-7H,1,4,8H2,2H3/b12-7+. The molecule has 2 amide bonds. The number of halogens is 2. The molecule has 1 fully saturated rings. The van der Waals surface area contributed by atoms with Gasteiger partial charge in [-0.3, -0.25) is 14.5 Å². The number of esters is 1. The van der Waals surface area contributed by atoms with Gasteiger partial charge in [-0.1, -0.05) is 6.08 Å². The first-order valence-corrected chi connectivity index (χ1v) is 9.32. The van der Waals surface area contributed by atoms with Gasteiger partial charge in [0.25, 0.3) is 11.1 Å². The number of ether oxygens (including phenoxy) is 2. The summed E-state index contributed by atoms with van der Waals surface area (Å²) in [5, 5.41) is -0.327. The Morgan fingerprint density at radius 3 is 2.52 bits per heavy atom. The first-order valence-electron chi connectivity index (χ1n) is 6.92. The highest BCUT2D eigenvalue weighted by Gasteiger charge is 2.34. The zero-order valence-corrected chi connectivity index (χ0v) is 17.1. The fourth-order valence-corrected chi connectivity index (χ4v) is 4.23. The number of imide groups is 1. The van der Waals surface area contributed by atoms with E-state index in [1.54, 1.807) is 18.2 Å². The number of carbonyl (C=O) groups excluding carboxylic acids is 3. The van der Waals surface area contributed by atoms with Crippen LogP contribution in [-0.2, 0) is 14.3 Å². The van der Waals surface area contributed by atoms with Crippen LogP contribution >= 0.6 is 43.6 Å². The van der Waals surface area contributed by atoms with Gasteiger partial charge in [-0.25, -0.2) is 4.79 Å². The van der Waals surface area contributed by atoms with Crippen LogP contribution in [0.2, 0.25) is 0 Å². The van der Waals surface area contributed by atoms with Gasteiger partial charge in [0, 0.05) is 6.54 Å². The Morgan fingerprint density at radius 2 is 1.96 bits per heavy atom. The van der Waals surface area contributed by atoms with E-state index in [0.717, 1.165) is 16.7 Å². The Labute approximate surface area is 165 Å². The monoisotopic (exact) mass is 489 g/mol. The van der Waals surface area contributed by atoms with Crippen LogP contribution in [0.1, 0.15) is 5.56 Å². The first-order chi connectivity index (χ1) is 11.9. The third-order valence-electron chi connectivity index (χ3n) is 3.07. The molecule has 1 aliphatic rings. The molecule has 0 radical (unpaired) electrons. The van der Waals surface area contributed by atoms with Crippen molar-refractivity contribution in [1.82, 2.24) is 4.90 Å². The number of benzene rings is 1. The number of hydrogen-bond donors (Lipinski definition) is 0. The van der Waals surface area contributed by atoms with Crippen molar-refractivity contribution in [2.45, 2.75) is 0 Å². The van der Waals surface area contributed by atoms with E-state index in [9.17, 15) is 14.4 Å².